The predicted molar refractivity (Wildman–Crippen MR) is 106 cm³/mol. The second-order valence-electron chi connectivity index (χ2n) is 6.13. The van der Waals surface area contributed by atoms with Crippen molar-refractivity contribution in [2.45, 2.75) is 6.92 Å². The summed E-state index contributed by atoms with van der Waals surface area (Å²) in [7, 11) is 0. The molecule has 0 aliphatic heterocycles. The zero-order valence-electron chi connectivity index (χ0n) is 14.5. The average molecular weight is 338 g/mol. The Balaban J connectivity index is 1.78. The number of ether oxygens (including phenoxy) is 1. The molecule has 0 N–H and O–H groups in total. The fourth-order valence-corrected chi connectivity index (χ4v) is 2.76. The molecule has 0 bridgehead atoms. The van der Waals surface area contributed by atoms with Gasteiger partial charge in [-0.05, 0) is 19.1 Å². The maximum atomic E-state index is 6.07. The SMILES string of the molecule is C=C(Oc1nc(-c2ccccc2)nc2ccccc12)c1ccc(C)cc1. The van der Waals surface area contributed by atoms with E-state index >= 15 is 0 Å². The summed E-state index contributed by atoms with van der Waals surface area (Å²) >= 11 is 0. The average Bonchev–Trinajstić information content (AvgIpc) is 2.69. The third kappa shape index (κ3) is 3.20. The Morgan fingerprint density at radius 1 is 0.808 bits per heavy atom. The van der Waals surface area contributed by atoms with Gasteiger partial charge in [-0.25, -0.2) is 4.98 Å². The number of hydrogen-bond acceptors (Lipinski definition) is 3. The van der Waals surface area contributed by atoms with Crippen LogP contribution in [0.15, 0.2) is 85.4 Å². The van der Waals surface area contributed by atoms with Gasteiger partial charge < -0.3 is 4.74 Å². The molecule has 0 saturated heterocycles. The zero-order chi connectivity index (χ0) is 17.9. The Morgan fingerprint density at radius 2 is 1.50 bits per heavy atom. The summed E-state index contributed by atoms with van der Waals surface area (Å²) in [4.78, 5) is 9.34. The summed E-state index contributed by atoms with van der Waals surface area (Å²) in [6.45, 7) is 6.13. The molecule has 0 radical (unpaired) electrons. The largest absolute Gasteiger partial charge is 0.438 e. The Hall–Kier alpha value is -3.46. The van der Waals surface area contributed by atoms with Crippen molar-refractivity contribution in [1.82, 2.24) is 9.97 Å². The zero-order valence-corrected chi connectivity index (χ0v) is 14.5. The van der Waals surface area contributed by atoms with Gasteiger partial charge in [0.25, 0.3) is 0 Å². The van der Waals surface area contributed by atoms with Gasteiger partial charge in [0.05, 0.1) is 10.9 Å². The number of benzene rings is 3. The van der Waals surface area contributed by atoms with Crippen LogP contribution in [0.2, 0.25) is 0 Å². The highest BCUT2D eigenvalue weighted by Gasteiger charge is 2.12. The second kappa shape index (κ2) is 6.81. The standard InChI is InChI=1S/C23H18N2O/c1-16-12-14-18(15-13-16)17(2)26-23-20-10-6-7-11-21(20)24-22(25-23)19-8-4-3-5-9-19/h3-15H,2H2,1H3. The summed E-state index contributed by atoms with van der Waals surface area (Å²) in [5.74, 6) is 1.71. The summed E-state index contributed by atoms with van der Waals surface area (Å²) in [5.41, 5.74) is 3.91. The maximum Gasteiger partial charge on any atom is 0.230 e. The molecule has 3 aromatic carbocycles. The van der Waals surface area contributed by atoms with Crippen molar-refractivity contribution >= 4 is 16.7 Å². The van der Waals surface area contributed by atoms with Gasteiger partial charge in [0.1, 0.15) is 5.76 Å². The van der Waals surface area contributed by atoms with Crippen LogP contribution in [0.4, 0.5) is 0 Å². The van der Waals surface area contributed by atoms with Crippen LogP contribution in [0.5, 0.6) is 5.88 Å². The monoisotopic (exact) mass is 338 g/mol. The molecule has 126 valence electrons. The van der Waals surface area contributed by atoms with Crippen LogP contribution in [0, 0.1) is 6.92 Å². The van der Waals surface area contributed by atoms with E-state index in [1.54, 1.807) is 0 Å². The first-order chi connectivity index (χ1) is 12.7. The van der Waals surface area contributed by atoms with Gasteiger partial charge in [-0.15, -0.1) is 0 Å². The molecule has 0 unspecified atom stereocenters. The van der Waals surface area contributed by atoms with Crippen molar-refractivity contribution in [2.24, 2.45) is 0 Å². The fraction of sp³-hybridized carbons (Fsp3) is 0.0435. The number of aromatic nitrogens is 2. The summed E-state index contributed by atoms with van der Waals surface area (Å²) in [6, 6.07) is 25.8. The van der Waals surface area contributed by atoms with Gasteiger partial charge in [-0.1, -0.05) is 78.9 Å². The van der Waals surface area contributed by atoms with Gasteiger partial charge in [0, 0.05) is 11.1 Å². The topological polar surface area (TPSA) is 35.0 Å². The van der Waals surface area contributed by atoms with Gasteiger partial charge in [-0.3, -0.25) is 0 Å². The third-order valence-corrected chi connectivity index (χ3v) is 4.19. The quantitative estimate of drug-likeness (QED) is 0.451. The Morgan fingerprint density at radius 3 is 2.27 bits per heavy atom. The molecule has 0 fully saturated rings. The van der Waals surface area contributed by atoms with E-state index in [1.807, 2.05) is 78.9 Å². The van der Waals surface area contributed by atoms with Crippen molar-refractivity contribution < 1.29 is 4.74 Å². The minimum absolute atomic E-state index is 0.514. The molecule has 3 heteroatoms. The van der Waals surface area contributed by atoms with Gasteiger partial charge in [0.2, 0.25) is 5.88 Å². The normalized spacial score (nSPS) is 10.7. The highest BCUT2D eigenvalue weighted by Crippen LogP contribution is 2.29. The lowest BCUT2D eigenvalue weighted by Crippen LogP contribution is -1.99. The second-order valence-corrected chi connectivity index (χ2v) is 6.13. The first kappa shape index (κ1) is 16.0. The van der Waals surface area contributed by atoms with Crippen LogP contribution in [0.25, 0.3) is 28.0 Å². The Bertz CT molecular complexity index is 1070. The lowest BCUT2D eigenvalue weighted by molar-refractivity contribution is 0.501. The molecule has 4 rings (SSSR count). The van der Waals surface area contributed by atoms with E-state index < -0.39 is 0 Å². The van der Waals surface area contributed by atoms with Crippen molar-refractivity contribution in [2.75, 3.05) is 0 Å². The van der Waals surface area contributed by atoms with Crippen LogP contribution >= 0.6 is 0 Å². The van der Waals surface area contributed by atoms with E-state index in [9.17, 15) is 0 Å². The van der Waals surface area contributed by atoms with E-state index in [0.717, 1.165) is 22.0 Å². The molecule has 26 heavy (non-hydrogen) atoms. The highest BCUT2D eigenvalue weighted by atomic mass is 16.5. The van der Waals surface area contributed by atoms with Crippen LogP contribution < -0.4 is 4.74 Å². The number of nitrogens with zero attached hydrogens (tertiary/aromatic N) is 2. The summed E-state index contributed by atoms with van der Waals surface area (Å²) in [6.07, 6.45) is 0. The lowest BCUT2D eigenvalue weighted by atomic mass is 10.1. The molecule has 1 heterocycles. The predicted octanol–water partition coefficient (Wildman–Crippen LogP) is 5.65. The van der Waals surface area contributed by atoms with E-state index in [0.29, 0.717) is 17.5 Å². The van der Waals surface area contributed by atoms with Crippen molar-refractivity contribution in [1.29, 1.82) is 0 Å². The van der Waals surface area contributed by atoms with Crippen LogP contribution in [0.1, 0.15) is 11.1 Å². The third-order valence-electron chi connectivity index (χ3n) is 4.19. The molecule has 1 aromatic heterocycles. The molecule has 0 atom stereocenters. The number of rotatable bonds is 4. The number of aryl methyl sites for hydroxylation is 1. The van der Waals surface area contributed by atoms with E-state index in [4.69, 9.17) is 4.74 Å². The smallest absolute Gasteiger partial charge is 0.230 e. The van der Waals surface area contributed by atoms with Crippen LogP contribution in [-0.4, -0.2) is 9.97 Å². The highest BCUT2D eigenvalue weighted by molar-refractivity contribution is 5.86. The van der Waals surface area contributed by atoms with Crippen molar-refractivity contribution in [3.8, 4) is 17.3 Å². The van der Waals surface area contributed by atoms with Crippen molar-refractivity contribution in [3.05, 3.63) is 96.6 Å². The Labute approximate surface area is 152 Å². The summed E-state index contributed by atoms with van der Waals surface area (Å²) in [5, 5.41) is 0.862. The van der Waals surface area contributed by atoms with Crippen LogP contribution in [0.3, 0.4) is 0 Å². The van der Waals surface area contributed by atoms with Gasteiger partial charge in [0.15, 0.2) is 5.82 Å². The fourth-order valence-electron chi connectivity index (χ4n) is 2.76. The molecule has 3 nitrogen and oxygen atoms in total. The van der Waals surface area contributed by atoms with Gasteiger partial charge >= 0.3 is 0 Å². The molecule has 0 spiro atoms. The Kier molecular flexibility index (Phi) is 4.20. The molecule has 0 saturated carbocycles. The van der Waals surface area contributed by atoms with Gasteiger partial charge in [-0.2, -0.15) is 4.98 Å². The molecule has 0 aliphatic carbocycles. The molecule has 0 amide bonds. The molecular formula is C23H18N2O. The number of para-hydroxylation sites is 1. The minimum atomic E-state index is 0.514. The lowest BCUT2D eigenvalue weighted by Gasteiger charge is -2.12. The van der Waals surface area contributed by atoms with Crippen molar-refractivity contribution in [3.63, 3.8) is 0 Å². The maximum absolute atomic E-state index is 6.07. The van der Waals surface area contributed by atoms with E-state index in [2.05, 4.69) is 23.5 Å². The molecule has 4 aromatic rings. The van der Waals surface area contributed by atoms with E-state index in [1.165, 1.54) is 5.56 Å². The number of fused-ring (bicyclic) bond motifs is 1. The summed E-state index contributed by atoms with van der Waals surface area (Å²) < 4.78 is 6.07. The number of hydrogen-bond donors (Lipinski definition) is 0. The first-order valence-corrected chi connectivity index (χ1v) is 8.47. The minimum Gasteiger partial charge on any atom is -0.438 e. The van der Waals surface area contributed by atoms with E-state index in [-0.39, 0.29) is 0 Å². The molecule has 0 aliphatic rings. The molecular weight excluding hydrogens is 320 g/mol. The first-order valence-electron chi connectivity index (χ1n) is 8.47. The van der Waals surface area contributed by atoms with Crippen LogP contribution in [-0.2, 0) is 0 Å².